The van der Waals surface area contributed by atoms with E-state index in [4.69, 9.17) is 4.74 Å². The van der Waals surface area contributed by atoms with Crippen LogP contribution >= 0.6 is 11.3 Å². The second-order valence-electron chi connectivity index (χ2n) is 7.95. The summed E-state index contributed by atoms with van der Waals surface area (Å²) < 4.78 is 62.1. The van der Waals surface area contributed by atoms with Gasteiger partial charge in [-0.15, -0.1) is 0 Å². The number of carbonyl (C=O) groups excluding carboxylic acids is 1. The van der Waals surface area contributed by atoms with Gasteiger partial charge in [-0.25, -0.2) is 17.2 Å². The summed E-state index contributed by atoms with van der Waals surface area (Å²) in [6, 6.07) is 9.04. The van der Waals surface area contributed by atoms with Crippen molar-refractivity contribution in [3.63, 3.8) is 0 Å². The number of aromatic nitrogens is 1. The minimum absolute atomic E-state index is 0.000508. The van der Waals surface area contributed by atoms with Crippen LogP contribution in [0.25, 0.3) is 10.2 Å². The summed E-state index contributed by atoms with van der Waals surface area (Å²) in [6.45, 7) is 3.56. The molecular formula is C23H25F2N3O4S2. The number of nitrogens with zero attached hydrogens (tertiary/aromatic N) is 3. The molecule has 0 saturated carbocycles. The lowest BCUT2D eigenvalue weighted by Gasteiger charge is -2.30. The number of ether oxygens (including phenoxy) is 1. The third-order valence-corrected chi connectivity index (χ3v) is 8.62. The predicted molar refractivity (Wildman–Crippen MR) is 125 cm³/mol. The van der Waals surface area contributed by atoms with Gasteiger partial charge >= 0.3 is 0 Å². The molecule has 1 aliphatic rings. The first-order valence-corrected chi connectivity index (χ1v) is 13.3. The molecule has 1 fully saturated rings. The van der Waals surface area contributed by atoms with E-state index in [1.807, 2.05) is 11.5 Å². The highest BCUT2D eigenvalue weighted by Gasteiger charge is 2.33. The van der Waals surface area contributed by atoms with Gasteiger partial charge in [-0.3, -0.25) is 4.79 Å². The lowest BCUT2D eigenvalue weighted by Crippen LogP contribution is -2.42. The van der Waals surface area contributed by atoms with Gasteiger partial charge in [-0.2, -0.15) is 9.30 Å². The first kappa shape index (κ1) is 24.6. The van der Waals surface area contributed by atoms with Crippen LogP contribution in [-0.4, -0.2) is 49.5 Å². The minimum Gasteiger partial charge on any atom is -0.380 e. The highest BCUT2D eigenvalue weighted by Crippen LogP contribution is 2.25. The molecular weight excluding hydrogens is 484 g/mol. The number of hydrogen-bond acceptors (Lipinski definition) is 5. The molecule has 182 valence electrons. The molecule has 7 nitrogen and oxygen atoms in total. The Bertz CT molecular complexity index is 1350. The molecule has 0 aliphatic carbocycles. The van der Waals surface area contributed by atoms with Crippen molar-refractivity contribution in [1.29, 1.82) is 0 Å². The smallest absolute Gasteiger partial charge is 0.252 e. The molecule has 0 spiro atoms. The zero-order chi connectivity index (χ0) is 24.3. The molecule has 0 bridgehead atoms. The Kier molecular flexibility index (Phi) is 7.56. The number of halogens is 2. The maximum Gasteiger partial charge on any atom is 0.252 e. The molecule has 11 heteroatoms. The minimum atomic E-state index is -3.85. The normalized spacial score (nSPS) is 18.0. The van der Waals surface area contributed by atoms with E-state index >= 15 is 0 Å². The number of rotatable bonds is 7. The largest absolute Gasteiger partial charge is 0.380 e. The lowest BCUT2D eigenvalue weighted by atomic mass is 9.99. The number of piperidine rings is 1. The Morgan fingerprint density at radius 3 is 2.65 bits per heavy atom. The average Bonchev–Trinajstić information content (AvgIpc) is 3.15. The molecule has 1 aliphatic heterocycles. The van der Waals surface area contributed by atoms with Crippen LogP contribution in [0.2, 0.25) is 0 Å². The molecule has 1 aromatic heterocycles. The van der Waals surface area contributed by atoms with Crippen LogP contribution in [0.1, 0.15) is 19.8 Å². The first-order valence-electron chi connectivity index (χ1n) is 11.0. The van der Waals surface area contributed by atoms with E-state index in [-0.39, 0.29) is 23.8 Å². The van der Waals surface area contributed by atoms with Crippen LogP contribution in [0.5, 0.6) is 0 Å². The monoisotopic (exact) mass is 509 g/mol. The molecule has 34 heavy (non-hydrogen) atoms. The summed E-state index contributed by atoms with van der Waals surface area (Å²) in [6.07, 6.45) is 1.02. The van der Waals surface area contributed by atoms with Gasteiger partial charge in [0.05, 0.1) is 27.6 Å². The second-order valence-corrected chi connectivity index (χ2v) is 10.9. The summed E-state index contributed by atoms with van der Waals surface area (Å²) in [5.74, 6) is -1.93. The second kappa shape index (κ2) is 10.4. The summed E-state index contributed by atoms with van der Waals surface area (Å²) in [5, 5.41) is 0. The fraction of sp³-hybridized carbons (Fsp3) is 0.391. The number of benzene rings is 2. The molecule has 0 N–H and O–H groups in total. The predicted octanol–water partition coefficient (Wildman–Crippen LogP) is 3.55. The molecule has 1 saturated heterocycles. The quantitative estimate of drug-likeness (QED) is 0.457. The van der Waals surface area contributed by atoms with Crippen molar-refractivity contribution in [1.82, 2.24) is 8.87 Å². The Hall–Kier alpha value is -2.47. The average molecular weight is 510 g/mol. The van der Waals surface area contributed by atoms with Gasteiger partial charge in [0.2, 0.25) is 10.0 Å². The lowest BCUT2D eigenvalue weighted by molar-refractivity contribution is -0.122. The van der Waals surface area contributed by atoms with Crippen molar-refractivity contribution < 1.29 is 26.7 Å². The van der Waals surface area contributed by atoms with Crippen molar-refractivity contribution in [2.75, 3.05) is 26.3 Å². The fourth-order valence-electron chi connectivity index (χ4n) is 3.95. The van der Waals surface area contributed by atoms with Crippen LogP contribution < -0.4 is 4.80 Å². The molecule has 1 unspecified atom stereocenters. The van der Waals surface area contributed by atoms with Crippen LogP contribution in [0.4, 0.5) is 8.78 Å². The molecule has 1 amide bonds. The highest BCUT2D eigenvalue weighted by atomic mass is 32.2. The molecule has 3 aromatic rings. The summed E-state index contributed by atoms with van der Waals surface area (Å²) in [7, 11) is -3.85. The summed E-state index contributed by atoms with van der Waals surface area (Å²) in [5.41, 5.74) is 0.752. The van der Waals surface area contributed by atoms with E-state index in [0.29, 0.717) is 42.1 Å². The number of carbonyl (C=O) groups is 1. The molecule has 2 aromatic carbocycles. The standard InChI is InChI=1S/C23H25F2N3O4S2/c1-2-32-13-12-28-20-10-7-18(25)14-21(20)33-23(28)26-22(29)16-4-3-11-27(15-16)34(30,31)19-8-5-17(24)6-9-19/h5-10,14,16H,2-4,11-13,15H2,1H3. The molecule has 1 atom stereocenters. The van der Waals surface area contributed by atoms with Gasteiger partial charge < -0.3 is 9.30 Å². The van der Waals surface area contributed by atoms with Crippen molar-refractivity contribution in [2.45, 2.75) is 31.2 Å². The van der Waals surface area contributed by atoms with E-state index in [0.717, 1.165) is 17.6 Å². The Morgan fingerprint density at radius 2 is 1.91 bits per heavy atom. The van der Waals surface area contributed by atoms with Gasteiger partial charge in [0.25, 0.3) is 5.91 Å². The van der Waals surface area contributed by atoms with Gasteiger partial charge in [0.1, 0.15) is 11.6 Å². The zero-order valence-corrected chi connectivity index (χ0v) is 20.2. The van der Waals surface area contributed by atoms with Crippen molar-refractivity contribution in [2.24, 2.45) is 10.9 Å². The van der Waals surface area contributed by atoms with Crippen molar-refractivity contribution >= 4 is 37.5 Å². The third kappa shape index (κ3) is 5.27. The third-order valence-electron chi connectivity index (χ3n) is 5.70. The zero-order valence-electron chi connectivity index (χ0n) is 18.6. The molecule has 4 rings (SSSR count). The van der Waals surface area contributed by atoms with E-state index in [1.54, 1.807) is 6.07 Å². The topological polar surface area (TPSA) is 81.0 Å². The Morgan fingerprint density at radius 1 is 1.18 bits per heavy atom. The number of sulfonamides is 1. The maximum absolute atomic E-state index is 13.7. The van der Waals surface area contributed by atoms with Gasteiger partial charge in [0, 0.05) is 26.2 Å². The molecule has 2 heterocycles. The van der Waals surface area contributed by atoms with Gasteiger partial charge in [-0.05, 0) is 62.2 Å². The van der Waals surface area contributed by atoms with Crippen LogP contribution in [0, 0.1) is 17.6 Å². The Labute approximate surface area is 200 Å². The van der Waals surface area contributed by atoms with Crippen LogP contribution in [0.3, 0.4) is 0 Å². The van der Waals surface area contributed by atoms with E-state index in [1.165, 1.54) is 39.9 Å². The van der Waals surface area contributed by atoms with Crippen LogP contribution in [-0.2, 0) is 26.1 Å². The summed E-state index contributed by atoms with van der Waals surface area (Å²) >= 11 is 1.21. The summed E-state index contributed by atoms with van der Waals surface area (Å²) in [4.78, 5) is 17.8. The van der Waals surface area contributed by atoms with Crippen molar-refractivity contribution in [3.8, 4) is 0 Å². The van der Waals surface area contributed by atoms with E-state index in [9.17, 15) is 22.0 Å². The van der Waals surface area contributed by atoms with Gasteiger partial charge in [-0.1, -0.05) is 11.3 Å². The van der Waals surface area contributed by atoms with Crippen LogP contribution in [0.15, 0.2) is 52.4 Å². The molecule has 0 radical (unpaired) electrons. The number of hydrogen-bond donors (Lipinski definition) is 0. The van der Waals surface area contributed by atoms with E-state index in [2.05, 4.69) is 4.99 Å². The first-order chi connectivity index (χ1) is 16.3. The fourth-order valence-corrected chi connectivity index (χ4v) is 6.56. The SMILES string of the molecule is CCOCCn1c(=NC(=O)C2CCCN(S(=O)(=O)c3ccc(F)cc3)C2)sc2cc(F)ccc21. The van der Waals surface area contributed by atoms with Crippen molar-refractivity contribution in [3.05, 3.63) is 58.9 Å². The number of thiazole rings is 1. The number of fused-ring (bicyclic) bond motifs is 1. The van der Waals surface area contributed by atoms with Gasteiger partial charge in [0.15, 0.2) is 4.80 Å². The number of amides is 1. The highest BCUT2D eigenvalue weighted by molar-refractivity contribution is 7.89. The van der Waals surface area contributed by atoms with E-state index < -0.39 is 27.7 Å². The Balaban J connectivity index is 1.61. The maximum atomic E-state index is 13.7.